The van der Waals surface area contributed by atoms with Gasteiger partial charge in [0.05, 0.1) is 31.2 Å². The number of nitrogens with one attached hydrogen (secondary N) is 2. The topological polar surface area (TPSA) is 72.5 Å². The minimum Gasteiger partial charge on any atom is -0.497 e. The number of methoxy groups -OCH3 is 2. The van der Waals surface area contributed by atoms with Crippen LogP contribution in [-0.2, 0) is 6.42 Å². The maximum atomic E-state index is 12.7. The van der Waals surface area contributed by atoms with Gasteiger partial charge in [0.2, 0.25) is 0 Å². The number of aryl methyl sites for hydroxylation is 1. The van der Waals surface area contributed by atoms with E-state index in [-0.39, 0.29) is 5.91 Å². The van der Waals surface area contributed by atoms with Crippen molar-refractivity contribution in [3.8, 4) is 11.5 Å². The van der Waals surface area contributed by atoms with Gasteiger partial charge >= 0.3 is 0 Å². The molecule has 0 radical (unpaired) electrons. The van der Waals surface area contributed by atoms with E-state index in [4.69, 9.17) is 9.47 Å². The highest BCUT2D eigenvalue weighted by Gasteiger charge is 2.11. The third-order valence-corrected chi connectivity index (χ3v) is 4.51. The summed E-state index contributed by atoms with van der Waals surface area (Å²) in [6.45, 7) is 2.69. The number of pyridine rings is 1. The monoisotopic (exact) mass is 391 g/mol. The third-order valence-electron chi connectivity index (χ3n) is 4.51. The largest absolute Gasteiger partial charge is 0.497 e. The molecule has 29 heavy (non-hydrogen) atoms. The molecule has 1 aromatic heterocycles. The van der Waals surface area contributed by atoms with E-state index in [1.165, 1.54) is 5.56 Å². The fourth-order valence-corrected chi connectivity index (χ4v) is 2.92. The Hall–Kier alpha value is -3.54. The fourth-order valence-electron chi connectivity index (χ4n) is 2.92. The number of nitrogens with zero attached hydrogens (tertiary/aromatic N) is 1. The van der Waals surface area contributed by atoms with Crippen LogP contribution in [0.3, 0.4) is 0 Å². The number of aromatic nitrogens is 1. The van der Waals surface area contributed by atoms with E-state index in [9.17, 15) is 4.79 Å². The van der Waals surface area contributed by atoms with Crippen molar-refractivity contribution >= 4 is 17.3 Å². The maximum Gasteiger partial charge on any atom is 0.257 e. The lowest BCUT2D eigenvalue weighted by Gasteiger charge is -2.12. The molecule has 1 amide bonds. The van der Waals surface area contributed by atoms with Gasteiger partial charge in [-0.25, -0.2) is 0 Å². The molecule has 0 bridgehead atoms. The molecule has 3 rings (SSSR count). The number of carbonyl (C=O) groups is 1. The summed E-state index contributed by atoms with van der Waals surface area (Å²) in [5.41, 5.74) is 4.14. The highest BCUT2D eigenvalue weighted by atomic mass is 16.5. The first-order chi connectivity index (χ1) is 14.1. The van der Waals surface area contributed by atoms with E-state index in [2.05, 4.69) is 15.6 Å². The zero-order chi connectivity index (χ0) is 20.6. The van der Waals surface area contributed by atoms with E-state index in [1.54, 1.807) is 32.7 Å². The molecule has 0 aliphatic carbocycles. The summed E-state index contributed by atoms with van der Waals surface area (Å²) in [6.07, 6.45) is 4.10. The molecule has 2 aromatic carbocycles. The van der Waals surface area contributed by atoms with Crippen LogP contribution in [0, 0.1) is 6.92 Å². The molecular weight excluding hydrogens is 366 g/mol. The van der Waals surface area contributed by atoms with Gasteiger partial charge in [-0.1, -0.05) is 18.2 Å². The smallest absolute Gasteiger partial charge is 0.257 e. The first-order valence-corrected chi connectivity index (χ1v) is 9.37. The van der Waals surface area contributed by atoms with Crippen molar-refractivity contribution in [1.29, 1.82) is 0 Å². The molecule has 6 nitrogen and oxygen atoms in total. The number of anilines is 2. The van der Waals surface area contributed by atoms with Crippen LogP contribution >= 0.6 is 0 Å². The van der Waals surface area contributed by atoms with Gasteiger partial charge < -0.3 is 20.1 Å². The lowest BCUT2D eigenvalue weighted by Crippen LogP contribution is -2.14. The molecule has 150 valence electrons. The summed E-state index contributed by atoms with van der Waals surface area (Å²) in [6, 6.07) is 15.4. The molecule has 0 atom stereocenters. The van der Waals surface area contributed by atoms with Crippen molar-refractivity contribution in [1.82, 2.24) is 4.98 Å². The molecule has 2 N–H and O–H groups in total. The summed E-state index contributed by atoms with van der Waals surface area (Å²) in [5.74, 6) is 1.22. The van der Waals surface area contributed by atoms with Gasteiger partial charge in [0.1, 0.15) is 11.5 Å². The van der Waals surface area contributed by atoms with E-state index < -0.39 is 0 Å². The SMILES string of the molecule is COc1ccc(CCNc2cncc(C(=O)Nc3cc(C)ccc3OC)c2)cc1. The number of ether oxygens (including phenoxy) is 2. The van der Waals surface area contributed by atoms with Crippen molar-refractivity contribution in [2.24, 2.45) is 0 Å². The minimum atomic E-state index is -0.236. The van der Waals surface area contributed by atoms with E-state index in [0.29, 0.717) is 17.0 Å². The van der Waals surface area contributed by atoms with Crippen LogP contribution in [0.2, 0.25) is 0 Å². The van der Waals surface area contributed by atoms with E-state index in [0.717, 1.165) is 30.0 Å². The van der Waals surface area contributed by atoms with Crippen molar-refractivity contribution < 1.29 is 14.3 Å². The average Bonchev–Trinajstić information content (AvgIpc) is 2.74. The molecule has 0 unspecified atom stereocenters. The first kappa shape index (κ1) is 20.2. The van der Waals surface area contributed by atoms with Crippen LogP contribution in [-0.4, -0.2) is 31.7 Å². The van der Waals surface area contributed by atoms with Gasteiger partial charge in [-0.3, -0.25) is 9.78 Å². The Labute approximate surface area is 170 Å². The second-order valence-electron chi connectivity index (χ2n) is 6.65. The number of hydrogen-bond donors (Lipinski definition) is 2. The molecule has 0 saturated heterocycles. The number of benzene rings is 2. The van der Waals surface area contributed by atoms with Crippen LogP contribution in [0.15, 0.2) is 60.9 Å². The number of hydrogen-bond acceptors (Lipinski definition) is 5. The maximum absolute atomic E-state index is 12.7. The van der Waals surface area contributed by atoms with Crippen molar-refractivity contribution in [2.75, 3.05) is 31.4 Å². The Kier molecular flexibility index (Phi) is 6.68. The van der Waals surface area contributed by atoms with Gasteiger partial charge in [0.15, 0.2) is 0 Å². The number of rotatable bonds is 8. The van der Waals surface area contributed by atoms with Gasteiger partial charge in [-0.05, 0) is 54.8 Å². The van der Waals surface area contributed by atoms with Crippen LogP contribution in [0.25, 0.3) is 0 Å². The predicted octanol–water partition coefficient (Wildman–Crippen LogP) is 4.31. The Morgan fingerprint density at radius 1 is 1.00 bits per heavy atom. The number of carbonyl (C=O) groups excluding carboxylic acids is 1. The Bertz CT molecular complexity index is 971. The summed E-state index contributed by atoms with van der Waals surface area (Å²) in [4.78, 5) is 16.8. The molecule has 0 aliphatic rings. The van der Waals surface area contributed by atoms with E-state index in [1.807, 2.05) is 49.4 Å². The lowest BCUT2D eigenvalue weighted by molar-refractivity contribution is 0.102. The molecule has 0 saturated carbocycles. The van der Waals surface area contributed by atoms with Gasteiger partial charge in [-0.15, -0.1) is 0 Å². The quantitative estimate of drug-likeness (QED) is 0.598. The molecule has 0 fully saturated rings. The Balaban J connectivity index is 1.61. The molecule has 0 spiro atoms. The summed E-state index contributed by atoms with van der Waals surface area (Å²) < 4.78 is 10.5. The first-order valence-electron chi connectivity index (χ1n) is 9.37. The van der Waals surface area contributed by atoms with Crippen LogP contribution in [0.4, 0.5) is 11.4 Å². The minimum absolute atomic E-state index is 0.236. The lowest BCUT2D eigenvalue weighted by atomic mass is 10.1. The van der Waals surface area contributed by atoms with Crippen molar-refractivity contribution in [3.05, 3.63) is 77.6 Å². The summed E-state index contributed by atoms with van der Waals surface area (Å²) in [5, 5.41) is 6.21. The summed E-state index contributed by atoms with van der Waals surface area (Å²) in [7, 11) is 3.23. The Morgan fingerprint density at radius 3 is 2.52 bits per heavy atom. The van der Waals surface area contributed by atoms with Gasteiger partial charge in [0, 0.05) is 18.9 Å². The molecule has 1 heterocycles. The fraction of sp³-hybridized carbons (Fsp3) is 0.217. The molecule has 0 aliphatic heterocycles. The molecular formula is C23H25N3O3. The van der Waals surface area contributed by atoms with Crippen molar-refractivity contribution in [2.45, 2.75) is 13.3 Å². The van der Waals surface area contributed by atoms with Gasteiger partial charge in [0.25, 0.3) is 5.91 Å². The second-order valence-corrected chi connectivity index (χ2v) is 6.65. The highest BCUT2D eigenvalue weighted by Crippen LogP contribution is 2.26. The number of amides is 1. The van der Waals surface area contributed by atoms with Crippen molar-refractivity contribution in [3.63, 3.8) is 0 Å². The predicted molar refractivity (Wildman–Crippen MR) is 115 cm³/mol. The second kappa shape index (κ2) is 9.59. The van der Waals surface area contributed by atoms with Gasteiger partial charge in [-0.2, -0.15) is 0 Å². The van der Waals surface area contributed by atoms with Crippen LogP contribution in [0.5, 0.6) is 11.5 Å². The van der Waals surface area contributed by atoms with E-state index >= 15 is 0 Å². The highest BCUT2D eigenvalue weighted by molar-refractivity contribution is 6.05. The normalized spacial score (nSPS) is 10.3. The standard InChI is InChI=1S/C23H25N3O3/c1-16-4-9-22(29-3)21(12-16)26-23(27)18-13-19(15-24-14-18)25-11-10-17-5-7-20(28-2)8-6-17/h4-9,12-15,25H,10-11H2,1-3H3,(H,26,27). The average molecular weight is 391 g/mol. The Morgan fingerprint density at radius 2 is 1.79 bits per heavy atom. The van der Waals surface area contributed by atoms with Crippen LogP contribution in [0.1, 0.15) is 21.5 Å². The zero-order valence-corrected chi connectivity index (χ0v) is 16.9. The summed E-state index contributed by atoms with van der Waals surface area (Å²) >= 11 is 0. The molecule has 6 heteroatoms. The zero-order valence-electron chi connectivity index (χ0n) is 16.9. The third kappa shape index (κ3) is 5.48. The molecule has 3 aromatic rings. The van der Waals surface area contributed by atoms with Crippen LogP contribution < -0.4 is 20.1 Å².